The summed E-state index contributed by atoms with van der Waals surface area (Å²) in [7, 11) is 1.79. The van der Waals surface area contributed by atoms with Crippen molar-refractivity contribution in [1.29, 1.82) is 0 Å². The Balaban J connectivity index is 1.80. The molecule has 4 aromatic heterocycles. The molecule has 0 N–H and O–H groups in total. The normalized spacial score (nSPS) is 11.5. The van der Waals surface area contributed by atoms with E-state index < -0.39 is 0 Å². The molecule has 0 bridgehead atoms. The zero-order valence-corrected chi connectivity index (χ0v) is 18.1. The van der Waals surface area contributed by atoms with E-state index in [4.69, 9.17) is 9.40 Å². The van der Waals surface area contributed by atoms with Crippen molar-refractivity contribution in [3.05, 3.63) is 58.5 Å². The maximum absolute atomic E-state index is 13.4. The molecule has 6 nitrogen and oxygen atoms in total. The fraction of sp³-hybridized carbons (Fsp3) is 0.318. The lowest BCUT2D eigenvalue weighted by atomic mass is 10.1. The molecule has 4 rings (SSSR count). The van der Waals surface area contributed by atoms with Crippen LogP contribution in [0.25, 0.3) is 21.6 Å². The first-order chi connectivity index (χ1) is 13.8. The van der Waals surface area contributed by atoms with Crippen molar-refractivity contribution in [1.82, 2.24) is 19.7 Å². The van der Waals surface area contributed by atoms with Gasteiger partial charge in [-0.2, -0.15) is 5.10 Å². The molecular formula is C22H24N4O2S. The highest BCUT2D eigenvalue weighted by atomic mass is 32.1. The summed E-state index contributed by atoms with van der Waals surface area (Å²) in [6.07, 6.45) is 1.74. The molecule has 0 saturated carbocycles. The zero-order valence-electron chi connectivity index (χ0n) is 17.3. The summed E-state index contributed by atoms with van der Waals surface area (Å²) in [5, 5.41) is 5.26. The van der Waals surface area contributed by atoms with Gasteiger partial charge in [-0.25, -0.2) is 9.67 Å². The van der Waals surface area contributed by atoms with Gasteiger partial charge in [0.05, 0.1) is 34.3 Å². The molecule has 0 unspecified atom stereocenters. The molecule has 1 amide bonds. The third kappa shape index (κ3) is 3.70. The van der Waals surface area contributed by atoms with Crippen molar-refractivity contribution < 1.29 is 9.21 Å². The minimum Gasteiger partial charge on any atom is -0.464 e. The molecule has 7 heteroatoms. The second-order valence-corrected chi connectivity index (χ2v) is 8.85. The first-order valence-electron chi connectivity index (χ1n) is 9.59. The number of nitrogens with zero attached hydrogens (tertiary/aromatic N) is 4. The van der Waals surface area contributed by atoms with E-state index in [2.05, 4.69) is 31.9 Å². The Morgan fingerprint density at radius 2 is 2.03 bits per heavy atom. The van der Waals surface area contributed by atoms with E-state index in [0.29, 0.717) is 12.1 Å². The Morgan fingerprint density at radius 3 is 2.66 bits per heavy atom. The standard InChI is InChI=1S/C22H24N4O2S/c1-13(2)26-21-18(11-23-26)17(10-19(24-21)20-9-7-15(4)29-20)22(27)25(5)12-16-8-6-14(3)28-16/h6-11,13H,12H2,1-5H3. The van der Waals surface area contributed by atoms with Gasteiger partial charge in [-0.1, -0.05) is 0 Å². The number of aryl methyl sites for hydroxylation is 2. The number of furan rings is 1. The van der Waals surface area contributed by atoms with Gasteiger partial charge in [0, 0.05) is 18.0 Å². The number of carbonyl (C=O) groups is 1. The first kappa shape index (κ1) is 19.4. The Morgan fingerprint density at radius 1 is 1.24 bits per heavy atom. The maximum Gasteiger partial charge on any atom is 0.254 e. The molecule has 4 heterocycles. The first-order valence-corrected chi connectivity index (χ1v) is 10.4. The van der Waals surface area contributed by atoms with Gasteiger partial charge in [0.1, 0.15) is 11.5 Å². The highest BCUT2D eigenvalue weighted by Gasteiger charge is 2.22. The molecule has 150 valence electrons. The quantitative estimate of drug-likeness (QED) is 0.454. The Bertz CT molecular complexity index is 1180. The summed E-state index contributed by atoms with van der Waals surface area (Å²) in [5.74, 6) is 1.51. The van der Waals surface area contributed by atoms with Crippen molar-refractivity contribution in [2.45, 2.75) is 40.3 Å². The van der Waals surface area contributed by atoms with Gasteiger partial charge in [0.15, 0.2) is 5.65 Å². The average molecular weight is 409 g/mol. The van der Waals surface area contributed by atoms with Gasteiger partial charge in [-0.15, -0.1) is 11.3 Å². The van der Waals surface area contributed by atoms with Crippen molar-refractivity contribution in [2.75, 3.05) is 7.05 Å². The third-order valence-electron chi connectivity index (χ3n) is 4.81. The van der Waals surface area contributed by atoms with Crippen LogP contribution in [0.3, 0.4) is 0 Å². The van der Waals surface area contributed by atoms with Gasteiger partial charge in [0.25, 0.3) is 5.91 Å². The highest BCUT2D eigenvalue weighted by molar-refractivity contribution is 7.15. The van der Waals surface area contributed by atoms with E-state index in [0.717, 1.165) is 33.1 Å². The van der Waals surface area contributed by atoms with Crippen LogP contribution < -0.4 is 0 Å². The number of carbonyl (C=O) groups excluding carboxylic acids is 1. The Hall–Kier alpha value is -2.93. The van der Waals surface area contributed by atoms with E-state index in [1.807, 2.05) is 35.9 Å². The molecule has 0 aromatic carbocycles. The van der Waals surface area contributed by atoms with Crippen LogP contribution in [0.1, 0.15) is 46.6 Å². The number of amides is 1. The smallest absolute Gasteiger partial charge is 0.254 e. The van der Waals surface area contributed by atoms with Gasteiger partial charge in [-0.3, -0.25) is 4.79 Å². The lowest BCUT2D eigenvalue weighted by Gasteiger charge is -2.17. The van der Waals surface area contributed by atoms with Gasteiger partial charge in [0.2, 0.25) is 0 Å². The number of aromatic nitrogens is 3. The number of fused-ring (bicyclic) bond motifs is 1. The second-order valence-electron chi connectivity index (χ2n) is 7.56. The molecular weight excluding hydrogens is 384 g/mol. The van der Waals surface area contributed by atoms with Crippen molar-refractivity contribution in [3.8, 4) is 10.6 Å². The fourth-order valence-electron chi connectivity index (χ4n) is 3.35. The minimum atomic E-state index is -0.0794. The summed E-state index contributed by atoms with van der Waals surface area (Å²) < 4.78 is 7.51. The number of rotatable bonds is 5. The van der Waals surface area contributed by atoms with E-state index in [9.17, 15) is 4.79 Å². The van der Waals surface area contributed by atoms with Gasteiger partial charge >= 0.3 is 0 Å². The number of hydrogen-bond donors (Lipinski definition) is 0. The number of thiophene rings is 1. The van der Waals surface area contributed by atoms with Crippen molar-refractivity contribution in [3.63, 3.8) is 0 Å². The summed E-state index contributed by atoms with van der Waals surface area (Å²) in [6.45, 7) is 8.48. The van der Waals surface area contributed by atoms with E-state index in [-0.39, 0.29) is 11.9 Å². The van der Waals surface area contributed by atoms with Gasteiger partial charge in [-0.05, 0) is 58.0 Å². The lowest BCUT2D eigenvalue weighted by Crippen LogP contribution is -2.26. The molecule has 0 fully saturated rings. The van der Waals surface area contributed by atoms with Crippen LogP contribution in [0, 0.1) is 13.8 Å². The van der Waals surface area contributed by atoms with E-state index in [1.165, 1.54) is 4.88 Å². The average Bonchev–Trinajstić information content (AvgIpc) is 3.39. The van der Waals surface area contributed by atoms with E-state index in [1.54, 1.807) is 29.5 Å². The molecule has 0 atom stereocenters. The SMILES string of the molecule is Cc1ccc(CN(C)C(=O)c2cc(-c3ccc(C)s3)nc3c2cnn3C(C)C)o1. The summed E-state index contributed by atoms with van der Waals surface area (Å²) in [4.78, 5) is 22.1. The van der Waals surface area contributed by atoms with Crippen LogP contribution in [0.5, 0.6) is 0 Å². The highest BCUT2D eigenvalue weighted by Crippen LogP contribution is 2.31. The largest absolute Gasteiger partial charge is 0.464 e. The monoisotopic (exact) mass is 408 g/mol. The van der Waals surface area contributed by atoms with Crippen LogP contribution in [-0.4, -0.2) is 32.6 Å². The molecule has 0 radical (unpaired) electrons. The van der Waals surface area contributed by atoms with Crippen molar-refractivity contribution >= 4 is 28.3 Å². The Labute approximate surface area is 173 Å². The molecule has 0 spiro atoms. The minimum absolute atomic E-state index is 0.0794. The predicted octanol–water partition coefficient (Wildman–Crippen LogP) is 5.22. The summed E-state index contributed by atoms with van der Waals surface area (Å²) >= 11 is 1.67. The maximum atomic E-state index is 13.4. The molecule has 0 aliphatic heterocycles. The molecule has 0 aliphatic rings. The molecule has 0 aliphatic carbocycles. The molecule has 0 saturated heterocycles. The van der Waals surface area contributed by atoms with Crippen LogP contribution >= 0.6 is 11.3 Å². The summed E-state index contributed by atoms with van der Waals surface area (Å²) in [6, 6.07) is 9.95. The predicted molar refractivity (Wildman–Crippen MR) is 115 cm³/mol. The third-order valence-corrected chi connectivity index (χ3v) is 5.84. The van der Waals surface area contributed by atoms with E-state index >= 15 is 0 Å². The second kappa shape index (κ2) is 7.48. The number of hydrogen-bond acceptors (Lipinski definition) is 5. The molecule has 29 heavy (non-hydrogen) atoms. The number of pyridine rings is 1. The Kier molecular flexibility index (Phi) is 5.00. The molecule has 4 aromatic rings. The zero-order chi connectivity index (χ0) is 20.7. The fourth-order valence-corrected chi connectivity index (χ4v) is 4.18. The van der Waals surface area contributed by atoms with Crippen molar-refractivity contribution in [2.24, 2.45) is 0 Å². The van der Waals surface area contributed by atoms with Crippen LogP contribution in [0.4, 0.5) is 0 Å². The summed E-state index contributed by atoms with van der Waals surface area (Å²) in [5.41, 5.74) is 2.13. The van der Waals surface area contributed by atoms with Crippen LogP contribution in [-0.2, 0) is 6.54 Å². The van der Waals surface area contributed by atoms with Crippen LogP contribution in [0.15, 0.2) is 40.9 Å². The topological polar surface area (TPSA) is 64.2 Å². The lowest BCUT2D eigenvalue weighted by molar-refractivity contribution is 0.0777. The van der Waals surface area contributed by atoms with Crippen LogP contribution in [0.2, 0.25) is 0 Å². The van der Waals surface area contributed by atoms with Gasteiger partial charge < -0.3 is 9.32 Å².